The van der Waals surface area contributed by atoms with Gasteiger partial charge in [-0.3, -0.25) is 9.59 Å². The van der Waals surface area contributed by atoms with Crippen molar-refractivity contribution in [2.75, 3.05) is 5.32 Å². The zero-order valence-electron chi connectivity index (χ0n) is 15.7. The average molecular weight is 396 g/mol. The van der Waals surface area contributed by atoms with Gasteiger partial charge in [0, 0.05) is 16.8 Å². The van der Waals surface area contributed by atoms with Crippen LogP contribution in [0.3, 0.4) is 0 Å². The Morgan fingerprint density at radius 2 is 1.71 bits per heavy atom. The van der Waals surface area contributed by atoms with Crippen molar-refractivity contribution >= 4 is 29.3 Å². The van der Waals surface area contributed by atoms with E-state index in [9.17, 15) is 9.59 Å². The van der Waals surface area contributed by atoms with Crippen LogP contribution < -0.4 is 11.1 Å². The maximum Gasteiger partial charge on any atom is 0.277 e. The number of carbonyl (C=O) groups excluding carboxylic acids is 2. The summed E-state index contributed by atoms with van der Waals surface area (Å²) in [6.07, 6.45) is 0. The highest BCUT2D eigenvalue weighted by molar-refractivity contribution is 8.00. The van der Waals surface area contributed by atoms with E-state index in [1.54, 1.807) is 31.2 Å². The number of hydrogen-bond donors (Lipinski definition) is 2. The third kappa shape index (κ3) is 4.77. The van der Waals surface area contributed by atoms with Crippen LogP contribution in [0.25, 0.3) is 11.5 Å². The van der Waals surface area contributed by atoms with Gasteiger partial charge in [-0.05, 0) is 57.2 Å². The van der Waals surface area contributed by atoms with Crippen molar-refractivity contribution in [1.82, 2.24) is 10.2 Å². The molecule has 3 rings (SSSR count). The summed E-state index contributed by atoms with van der Waals surface area (Å²) in [5.41, 5.74) is 9.23. The Bertz CT molecular complexity index is 994. The summed E-state index contributed by atoms with van der Waals surface area (Å²) < 4.78 is 5.70. The summed E-state index contributed by atoms with van der Waals surface area (Å²) in [6, 6.07) is 12.4. The first kappa shape index (κ1) is 19.6. The second-order valence-electron chi connectivity index (χ2n) is 6.44. The molecule has 0 unspecified atom stereocenters. The predicted molar refractivity (Wildman–Crippen MR) is 108 cm³/mol. The standard InChI is InChI=1S/C20H20N4O3S/c1-11-8-12(2)10-15(9-11)19-23-24-20(27-19)28-13(3)18(26)22-16-6-4-14(5-7-16)17(21)25/h4-10,13H,1-3H3,(H2,21,25)(H,22,26)/t13-/m0/s1. The van der Waals surface area contributed by atoms with E-state index in [0.717, 1.165) is 16.7 Å². The monoisotopic (exact) mass is 396 g/mol. The van der Waals surface area contributed by atoms with Crippen molar-refractivity contribution in [3.05, 3.63) is 59.2 Å². The minimum Gasteiger partial charge on any atom is -0.411 e. The normalized spacial score (nSPS) is 11.8. The molecule has 2 amide bonds. The van der Waals surface area contributed by atoms with Gasteiger partial charge in [0.2, 0.25) is 17.7 Å². The third-order valence-corrected chi connectivity index (χ3v) is 4.89. The fraction of sp³-hybridized carbons (Fsp3) is 0.200. The first-order valence-corrected chi connectivity index (χ1v) is 9.49. The summed E-state index contributed by atoms with van der Waals surface area (Å²) >= 11 is 1.18. The van der Waals surface area contributed by atoms with Crippen LogP contribution in [-0.4, -0.2) is 27.3 Å². The van der Waals surface area contributed by atoms with E-state index in [4.69, 9.17) is 10.2 Å². The van der Waals surface area contributed by atoms with Gasteiger partial charge in [-0.1, -0.05) is 29.0 Å². The van der Waals surface area contributed by atoms with Crippen LogP contribution in [0, 0.1) is 13.8 Å². The Hall–Kier alpha value is -3.13. The number of nitrogens with two attached hydrogens (primary N) is 1. The van der Waals surface area contributed by atoms with E-state index in [1.165, 1.54) is 11.8 Å². The van der Waals surface area contributed by atoms with Crippen molar-refractivity contribution in [2.24, 2.45) is 5.73 Å². The van der Waals surface area contributed by atoms with Crippen molar-refractivity contribution in [3.8, 4) is 11.5 Å². The van der Waals surface area contributed by atoms with E-state index in [1.807, 2.05) is 26.0 Å². The summed E-state index contributed by atoms with van der Waals surface area (Å²) in [5.74, 6) is -0.315. The highest BCUT2D eigenvalue weighted by Gasteiger charge is 2.19. The number of aryl methyl sites for hydroxylation is 2. The molecule has 0 bridgehead atoms. The molecule has 0 spiro atoms. The highest BCUT2D eigenvalue weighted by Crippen LogP contribution is 2.27. The van der Waals surface area contributed by atoms with E-state index in [2.05, 4.69) is 21.6 Å². The Kier molecular flexibility index (Phi) is 5.79. The second-order valence-corrected chi connectivity index (χ2v) is 7.73. The lowest BCUT2D eigenvalue weighted by Crippen LogP contribution is -2.22. The molecule has 1 heterocycles. The average Bonchev–Trinajstić information content (AvgIpc) is 3.10. The molecule has 0 fully saturated rings. The van der Waals surface area contributed by atoms with Crippen molar-refractivity contribution < 1.29 is 14.0 Å². The molecule has 0 aliphatic carbocycles. The summed E-state index contributed by atoms with van der Waals surface area (Å²) in [6.45, 7) is 5.76. The molecular formula is C20H20N4O3S. The maximum absolute atomic E-state index is 12.4. The van der Waals surface area contributed by atoms with E-state index in [0.29, 0.717) is 22.4 Å². The van der Waals surface area contributed by atoms with Gasteiger partial charge in [-0.25, -0.2) is 0 Å². The Morgan fingerprint density at radius 1 is 1.07 bits per heavy atom. The number of hydrogen-bond acceptors (Lipinski definition) is 6. The number of benzene rings is 2. The lowest BCUT2D eigenvalue weighted by atomic mass is 10.1. The molecule has 0 saturated heterocycles. The number of primary amides is 1. The van der Waals surface area contributed by atoms with E-state index < -0.39 is 11.2 Å². The minimum absolute atomic E-state index is 0.219. The topological polar surface area (TPSA) is 111 Å². The first-order chi connectivity index (χ1) is 13.3. The number of carbonyl (C=O) groups is 2. The molecule has 2 aromatic carbocycles. The Balaban J connectivity index is 1.64. The van der Waals surface area contributed by atoms with Crippen molar-refractivity contribution in [3.63, 3.8) is 0 Å². The van der Waals surface area contributed by atoms with Crippen LogP contribution in [0.15, 0.2) is 52.1 Å². The fourth-order valence-electron chi connectivity index (χ4n) is 2.64. The van der Waals surface area contributed by atoms with Crippen LogP contribution >= 0.6 is 11.8 Å². The number of nitrogens with one attached hydrogen (secondary N) is 1. The molecular weight excluding hydrogens is 376 g/mol. The van der Waals surface area contributed by atoms with Crippen molar-refractivity contribution in [2.45, 2.75) is 31.2 Å². The number of aromatic nitrogens is 2. The molecule has 3 aromatic rings. The summed E-state index contributed by atoms with van der Waals surface area (Å²) in [7, 11) is 0. The van der Waals surface area contributed by atoms with Gasteiger partial charge in [-0.2, -0.15) is 0 Å². The Labute approximate surface area is 166 Å². The third-order valence-electron chi connectivity index (χ3n) is 3.96. The lowest BCUT2D eigenvalue weighted by molar-refractivity contribution is -0.115. The summed E-state index contributed by atoms with van der Waals surface area (Å²) in [5, 5.41) is 10.8. The van der Waals surface area contributed by atoms with E-state index >= 15 is 0 Å². The highest BCUT2D eigenvalue weighted by atomic mass is 32.2. The molecule has 0 aliphatic rings. The van der Waals surface area contributed by atoms with Gasteiger partial charge < -0.3 is 15.5 Å². The van der Waals surface area contributed by atoms with Crippen LogP contribution in [-0.2, 0) is 4.79 Å². The molecule has 0 radical (unpaired) electrons. The minimum atomic E-state index is -0.516. The molecule has 1 aromatic heterocycles. The first-order valence-electron chi connectivity index (χ1n) is 8.61. The molecule has 28 heavy (non-hydrogen) atoms. The molecule has 0 saturated carbocycles. The molecule has 8 heteroatoms. The fourth-order valence-corrected chi connectivity index (χ4v) is 3.32. The largest absolute Gasteiger partial charge is 0.411 e. The molecule has 0 aliphatic heterocycles. The zero-order chi connectivity index (χ0) is 20.3. The van der Waals surface area contributed by atoms with Gasteiger partial charge in [0.25, 0.3) is 5.22 Å². The lowest BCUT2D eigenvalue weighted by Gasteiger charge is -2.10. The maximum atomic E-state index is 12.4. The Morgan fingerprint density at radius 3 is 2.32 bits per heavy atom. The molecule has 3 N–H and O–H groups in total. The van der Waals surface area contributed by atoms with Gasteiger partial charge >= 0.3 is 0 Å². The number of nitrogens with zero attached hydrogens (tertiary/aromatic N) is 2. The summed E-state index contributed by atoms with van der Waals surface area (Å²) in [4.78, 5) is 23.5. The number of amides is 2. The smallest absolute Gasteiger partial charge is 0.277 e. The quantitative estimate of drug-likeness (QED) is 0.616. The van der Waals surface area contributed by atoms with Crippen LogP contribution in [0.1, 0.15) is 28.4 Å². The van der Waals surface area contributed by atoms with Crippen molar-refractivity contribution in [1.29, 1.82) is 0 Å². The molecule has 1 atom stereocenters. The SMILES string of the molecule is Cc1cc(C)cc(-c2nnc(S[C@@H](C)C(=O)Nc3ccc(C(N)=O)cc3)o2)c1. The van der Waals surface area contributed by atoms with Gasteiger partial charge in [0.15, 0.2) is 0 Å². The number of rotatable bonds is 6. The van der Waals surface area contributed by atoms with Crippen LogP contribution in [0.5, 0.6) is 0 Å². The second kappa shape index (κ2) is 8.26. The van der Waals surface area contributed by atoms with Crippen LogP contribution in [0.2, 0.25) is 0 Å². The van der Waals surface area contributed by atoms with Gasteiger partial charge in [0.1, 0.15) is 0 Å². The van der Waals surface area contributed by atoms with Crippen LogP contribution in [0.4, 0.5) is 5.69 Å². The van der Waals surface area contributed by atoms with Gasteiger partial charge in [-0.15, -0.1) is 10.2 Å². The predicted octanol–water partition coefficient (Wildman–Crippen LogP) is 3.57. The number of thioether (sulfide) groups is 1. The van der Waals surface area contributed by atoms with E-state index in [-0.39, 0.29) is 5.91 Å². The number of anilines is 1. The molecule has 144 valence electrons. The van der Waals surface area contributed by atoms with Gasteiger partial charge in [0.05, 0.1) is 5.25 Å². The molecule has 7 nitrogen and oxygen atoms in total. The zero-order valence-corrected chi connectivity index (χ0v) is 16.5.